The third-order valence-electron chi connectivity index (χ3n) is 3.68. The molecule has 2 aromatic heterocycles. The summed E-state index contributed by atoms with van der Waals surface area (Å²) in [6.07, 6.45) is 5.05. The molecule has 2 aromatic rings. The van der Waals surface area contributed by atoms with Gasteiger partial charge in [-0.3, -0.25) is 0 Å². The molecule has 0 aliphatic heterocycles. The number of esters is 2. The van der Waals surface area contributed by atoms with Crippen LogP contribution in [-0.4, -0.2) is 58.0 Å². The fraction of sp³-hybridized carbons (Fsp3) is 0.364. The van der Waals surface area contributed by atoms with Gasteiger partial charge in [-0.05, 0) is 55.7 Å². The van der Waals surface area contributed by atoms with E-state index in [4.69, 9.17) is 14.6 Å². The molecule has 8 heteroatoms. The Morgan fingerprint density at radius 1 is 1.03 bits per heavy atom. The molecule has 1 unspecified atom stereocenters. The van der Waals surface area contributed by atoms with Gasteiger partial charge in [-0.15, -0.1) is 6.58 Å². The van der Waals surface area contributed by atoms with Crippen molar-refractivity contribution in [2.75, 3.05) is 19.8 Å². The number of nitrogens with zero attached hydrogens (tertiary/aromatic N) is 2. The molecule has 30 heavy (non-hydrogen) atoms. The number of hydrogen-bond donors (Lipinski definition) is 2. The summed E-state index contributed by atoms with van der Waals surface area (Å²) in [4.78, 5) is 30.4. The first-order valence-corrected chi connectivity index (χ1v) is 9.58. The SMILES string of the molecule is C=CCc1ccnc(C(=O)OCC)c1.CCOC(=O)c1cc(CC(O)CO)ccn1. The van der Waals surface area contributed by atoms with E-state index in [0.29, 0.717) is 18.9 Å². The Morgan fingerprint density at radius 3 is 2.00 bits per heavy atom. The summed E-state index contributed by atoms with van der Waals surface area (Å²) in [5.41, 5.74) is 2.31. The molecule has 0 saturated carbocycles. The summed E-state index contributed by atoms with van der Waals surface area (Å²) in [5, 5.41) is 18.0. The Morgan fingerprint density at radius 2 is 1.53 bits per heavy atom. The summed E-state index contributed by atoms with van der Waals surface area (Å²) >= 11 is 0. The highest BCUT2D eigenvalue weighted by molar-refractivity contribution is 5.87. The van der Waals surface area contributed by atoms with Gasteiger partial charge in [-0.2, -0.15) is 0 Å². The smallest absolute Gasteiger partial charge is 0.356 e. The molecule has 0 aliphatic rings. The molecule has 0 aliphatic carbocycles. The predicted octanol–water partition coefficient (Wildman–Crippen LogP) is 2.14. The monoisotopic (exact) mass is 416 g/mol. The molecule has 0 fully saturated rings. The lowest BCUT2D eigenvalue weighted by Gasteiger charge is -2.07. The fourth-order valence-electron chi connectivity index (χ4n) is 2.34. The van der Waals surface area contributed by atoms with Gasteiger partial charge in [0, 0.05) is 18.8 Å². The lowest BCUT2D eigenvalue weighted by Crippen LogP contribution is -2.16. The van der Waals surface area contributed by atoms with Gasteiger partial charge in [0.1, 0.15) is 11.4 Å². The van der Waals surface area contributed by atoms with Crippen LogP contribution in [0.1, 0.15) is 46.0 Å². The van der Waals surface area contributed by atoms with Crippen LogP contribution >= 0.6 is 0 Å². The number of hydrogen-bond acceptors (Lipinski definition) is 8. The van der Waals surface area contributed by atoms with Crippen molar-refractivity contribution in [3.05, 3.63) is 71.8 Å². The lowest BCUT2D eigenvalue weighted by molar-refractivity contribution is 0.0510. The average molecular weight is 416 g/mol. The molecule has 0 amide bonds. The van der Waals surface area contributed by atoms with E-state index in [1.807, 2.05) is 6.07 Å². The number of aliphatic hydroxyl groups is 2. The number of rotatable bonds is 9. The Balaban J connectivity index is 0.000000303. The highest BCUT2D eigenvalue weighted by atomic mass is 16.5. The van der Waals surface area contributed by atoms with E-state index in [9.17, 15) is 14.7 Å². The second-order valence-electron chi connectivity index (χ2n) is 6.07. The normalized spacial score (nSPS) is 10.9. The maximum atomic E-state index is 11.4. The summed E-state index contributed by atoms with van der Waals surface area (Å²) in [5.74, 6) is -0.860. The van der Waals surface area contributed by atoms with Crippen molar-refractivity contribution in [2.45, 2.75) is 32.8 Å². The van der Waals surface area contributed by atoms with Crippen LogP contribution in [0.4, 0.5) is 0 Å². The molecule has 8 nitrogen and oxygen atoms in total. The van der Waals surface area contributed by atoms with Crippen LogP contribution in [0.25, 0.3) is 0 Å². The van der Waals surface area contributed by atoms with Gasteiger partial charge in [-0.25, -0.2) is 19.6 Å². The topological polar surface area (TPSA) is 119 Å². The van der Waals surface area contributed by atoms with Crippen molar-refractivity contribution in [1.82, 2.24) is 9.97 Å². The first-order valence-electron chi connectivity index (χ1n) is 9.58. The highest BCUT2D eigenvalue weighted by Crippen LogP contribution is 2.07. The number of ether oxygens (including phenoxy) is 2. The number of allylic oxidation sites excluding steroid dienone is 1. The van der Waals surface area contributed by atoms with Crippen molar-refractivity contribution < 1.29 is 29.3 Å². The zero-order chi connectivity index (χ0) is 22.4. The van der Waals surface area contributed by atoms with Crippen LogP contribution < -0.4 is 0 Å². The van der Waals surface area contributed by atoms with Crippen molar-refractivity contribution in [3.63, 3.8) is 0 Å². The Labute approximate surface area is 176 Å². The molecule has 0 bridgehead atoms. The van der Waals surface area contributed by atoms with Crippen LogP contribution in [0.3, 0.4) is 0 Å². The van der Waals surface area contributed by atoms with Crippen LogP contribution in [0, 0.1) is 0 Å². The highest BCUT2D eigenvalue weighted by Gasteiger charge is 2.10. The third-order valence-corrected chi connectivity index (χ3v) is 3.68. The minimum atomic E-state index is -0.822. The maximum Gasteiger partial charge on any atom is 0.356 e. The number of aliphatic hydroxyl groups excluding tert-OH is 2. The first kappa shape index (κ1) is 24.9. The molecule has 1 atom stereocenters. The molecular formula is C22H28N2O6. The van der Waals surface area contributed by atoms with Gasteiger partial charge >= 0.3 is 11.9 Å². The Bertz CT molecular complexity index is 825. The lowest BCUT2D eigenvalue weighted by atomic mass is 10.1. The molecule has 2 heterocycles. The number of pyridine rings is 2. The van der Waals surface area contributed by atoms with Crippen LogP contribution in [0.5, 0.6) is 0 Å². The van der Waals surface area contributed by atoms with Gasteiger partial charge in [0.2, 0.25) is 0 Å². The number of aromatic nitrogens is 2. The summed E-state index contributed by atoms with van der Waals surface area (Å²) in [7, 11) is 0. The molecule has 0 aromatic carbocycles. The van der Waals surface area contributed by atoms with Crippen LogP contribution in [0.15, 0.2) is 49.3 Å². The maximum absolute atomic E-state index is 11.4. The summed E-state index contributed by atoms with van der Waals surface area (Å²) in [6.45, 7) is 7.47. The molecule has 2 rings (SSSR count). The summed E-state index contributed by atoms with van der Waals surface area (Å²) in [6, 6.07) is 6.81. The largest absolute Gasteiger partial charge is 0.461 e. The van der Waals surface area contributed by atoms with Crippen molar-refractivity contribution in [2.24, 2.45) is 0 Å². The summed E-state index contributed by atoms with van der Waals surface area (Å²) < 4.78 is 9.63. The Hall–Kier alpha value is -3.10. The Kier molecular flexibility index (Phi) is 11.6. The molecule has 162 valence electrons. The van der Waals surface area contributed by atoms with Gasteiger partial charge in [0.25, 0.3) is 0 Å². The molecule has 2 N–H and O–H groups in total. The van der Waals surface area contributed by atoms with E-state index >= 15 is 0 Å². The van der Waals surface area contributed by atoms with Gasteiger partial charge in [-0.1, -0.05) is 6.08 Å². The predicted molar refractivity (Wildman–Crippen MR) is 111 cm³/mol. The van der Waals surface area contributed by atoms with Crippen molar-refractivity contribution in [1.29, 1.82) is 0 Å². The first-order chi connectivity index (χ1) is 14.4. The van der Waals surface area contributed by atoms with Gasteiger partial charge in [0.05, 0.1) is 25.9 Å². The second kappa shape index (κ2) is 14.0. The van der Waals surface area contributed by atoms with E-state index in [2.05, 4.69) is 16.5 Å². The van der Waals surface area contributed by atoms with Gasteiger partial charge < -0.3 is 19.7 Å². The molecule has 0 spiro atoms. The minimum absolute atomic E-state index is 0.212. The zero-order valence-corrected chi connectivity index (χ0v) is 17.3. The van der Waals surface area contributed by atoms with E-state index in [1.165, 1.54) is 6.20 Å². The third kappa shape index (κ3) is 8.93. The molecular weight excluding hydrogens is 388 g/mol. The van der Waals surface area contributed by atoms with Crippen molar-refractivity contribution in [3.8, 4) is 0 Å². The number of carbonyl (C=O) groups is 2. The van der Waals surface area contributed by atoms with Gasteiger partial charge in [0.15, 0.2) is 0 Å². The van der Waals surface area contributed by atoms with E-state index in [0.717, 1.165) is 17.5 Å². The van der Waals surface area contributed by atoms with Crippen LogP contribution in [0.2, 0.25) is 0 Å². The quantitative estimate of drug-likeness (QED) is 0.471. The zero-order valence-electron chi connectivity index (χ0n) is 17.3. The van der Waals surface area contributed by atoms with Crippen molar-refractivity contribution >= 4 is 11.9 Å². The van der Waals surface area contributed by atoms with E-state index in [-0.39, 0.29) is 24.7 Å². The number of carbonyl (C=O) groups excluding carboxylic acids is 2. The molecule has 0 saturated heterocycles. The van der Waals surface area contributed by atoms with Crippen LogP contribution in [-0.2, 0) is 22.3 Å². The van der Waals surface area contributed by atoms with E-state index in [1.54, 1.807) is 44.3 Å². The second-order valence-corrected chi connectivity index (χ2v) is 6.07. The average Bonchev–Trinajstić information content (AvgIpc) is 2.75. The fourth-order valence-corrected chi connectivity index (χ4v) is 2.34. The standard InChI is InChI=1S/C11H15NO4.C11H13NO2/c1-2-16-11(15)10-6-8(3-4-12-10)5-9(14)7-13;1-3-5-9-6-7-12-10(8-9)11(13)14-4-2/h3-4,6,9,13-14H,2,5,7H2,1H3;3,6-8H,1,4-5H2,2H3. The van der Waals surface area contributed by atoms with E-state index < -0.39 is 12.1 Å². The molecule has 0 radical (unpaired) electrons. The minimum Gasteiger partial charge on any atom is -0.461 e.